The van der Waals surface area contributed by atoms with Gasteiger partial charge in [-0.15, -0.1) is 0 Å². The topological polar surface area (TPSA) is 41.1 Å². The van der Waals surface area contributed by atoms with Gasteiger partial charge in [-0.05, 0) is 37.6 Å². The van der Waals surface area contributed by atoms with E-state index in [1.807, 2.05) is 0 Å². The van der Waals surface area contributed by atoms with Gasteiger partial charge in [-0.2, -0.15) is 0 Å². The lowest BCUT2D eigenvalue weighted by atomic mass is 9.90. The minimum atomic E-state index is 0.208. The van der Waals surface area contributed by atoms with E-state index in [1.165, 1.54) is 19.3 Å². The fraction of sp³-hybridized carbons (Fsp3) is 0.929. The van der Waals surface area contributed by atoms with Crippen molar-refractivity contribution >= 4 is 5.91 Å². The maximum atomic E-state index is 11.6. The van der Waals surface area contributed by atoms with E-state index >= 15 is 0 Å². The lowest BCUT2D eigenvalue weighted by Gasteiger charge is -2.17. The minimum Gasteiger partial charge on any atom is -0.356 e. The molecule has 17 heavy (non-hydrogen) atoms. The summed E-state index contributed by atoms with van der Waals surface area (Å²) in [4.78, 5) is 11.6. The predicted octanol–water partition coefficient (Wildman–Crippen LogP) is 2.46. The van der Waals surface area contributed by atoms with E-state index in [4.69, 9.17) is 0 Å². The molecule has 0 saturated carbocycles. The highest BCUT2D eigenvalue weighted by Gasteiger charge is 2.17. The first-order chi connectivity index (χ1) is 7.97. The summed E-state index contributed by atoms with van der Waals surface area (Å²) >= 11 is 0. The van der Waals surface area contributed by atoms with Crippen LogP contribution in [0.3, 0.4) is 0 Å². The van der Waals surface area contributed by atoms with Gasteiger partial charge in [0.2, 0.25) is 5.91 Å². The number of hydrogen-bond donors (Lipinski definition) is 2. The summed E-state index contributed by atoms with van der Waals surface area (Å²) in [5.41, 5.74) is 0.414. The Labute approximate surface area is 106 Å². The first kappa shape index (κ1) is 14.5. The van der Waals surface area contributed by atoms with Crippen molar-refractivity contribution in [1.82, 2.24) is 10.6 Å². The van der Waals surface area contributed by atoms with Crippen LogP contribution in [0.25, 0.3) is 0 Å². The molecule has 0 aromatic rings. The molecule has 0 aliphatic carbocycles. The van der Waals surface area contributed by atoms with Crippen LogP contribution < -0.4 is 10.6 Å². The molecule has 1 amide bonds. The van der Waals surface area contributed by atoms with Crippen LogP contribution in [0.2, 0.25) is 0 Å². The lowest BCUT2D eigenvalue weighted by Crippen LogP contribution is -2.32. The highest BCUT2D eigenvalue weighted by molar-refractivity contribution is 5.76. The Morgan fingerprint density at radius 3 is 2.71 bits per heavy atom. The summed E-state index contributed by atoms with van der Waals surface area (Å²) in [5.74, 6) is 0.208. The van der Waals surface area contributed by atoms with Crippen molar-refractivity contribution in [3.05, 3.63) is 0 Å². The largest absolute Gasteiger partial charge is 0.356 e. The van der Waals surface area contributed by atoms with Gasteiger partial charge in [0, 0.05) is 19.0 Å². The SMILES string of the molecule is CC(C)(C)CCCCNC(=O)CC1CCCN1. The number of rotatable bonds is 6. The maximum Gasteiger partial charge on any atom is 0.221 e. The zero-order valence-electron chi connectivity index (χ0n) is 11.6. The Balaban J connectivity index is 1.96. The van der Waals surface area contributed by atoms with Crippen LogP contribution in [-0.4, -0.2) is 25.0 Å². The highest BCUT2D eigenvalue weighted by Crippen LogP contribution is 2.21. The maximum absolute atomic E-state index is 11.6. The van der Waals surface area contributed by atoms with Gasteiger partial charge in [-0.25, -0.2) is 0 Å². The first-order valence-electron chi connectivity index (χ1n) is 6.97. The van der Waals surface area contributed by atoms with E-state index in [9.17, 15) is 4.79 Å². The summed E-state index contributed by atoms with van der Waals surface area (Å²) in [5, 5.41) is 6.36. The normalized spacial score (nSPS) is 20.5. The molecule has 1 atom stereocenters. The Kier molecular flexibility index (Phi) is 5.96. The minimum absolute atomic E-state index is 0.208. The van der Waals surface area contributed by atoms with Crippen LogP contribution >= 0.6 is 0 Å². The van der Waals surface area contributed by atoms with Crippen LogP contribution in [0.4, 0.5) is 0 Å². The number of hydrogen-bond acceptors (Lipinski definition) is 2. The molecule has 1 rings (SSSR count). The standard InChI is InChI=1S/C14H28N2O/c1-14(2,3)8-4-5-9-16-13(17)11-12-7-6-10-15-12/h12,15H,4-11H2,1-3H3,(H,16,17). The van der Waals surface area contributed by atoms with Crippen molar-refractivity contribution in [2.75, 3.05) is 13.1 Å². The molecule has 0 radical (unpaired) electrons. The zero-order valence-corrected chi connectivity index (χ0v) is 11.6. The lowest BCUT2D eigenvalue weighted by molar-refractivity contribution is -0.121. The molecule has 2 N–H and O–H groups in total. The summed E-state index contributed by atoms with van der Waals surface area (Å²) in [6.07, 6.45) is 6.54. The summed E-state index contributed by atoms with van der Waals surface area (Å²) in [6.45, 7) is 8.69. The monoisotopic (exact) mass is 240 g/mol. The van der Waals surface area contributed by atoms with Gasteiger partial charge in [0.25, 0.3) is 0 Å². The van der Waals surface area contributed by atoms with E-state index in [1.54, 1.807) is 0 Å². The number of unbranched alkanes of at least 4 members (excludes halogenated alkanes) is 1. The Bertz CT molecular complexity index is 227. The van der Waals surface area contributed by atoms with Gasteiger partial charge in [0.05, 0.1) is 0 Å². The van der Waals surface area contributed by atoms with Crippen LogP contribution in [-0.2, 0) is 4.79 Å². The van der Waals surface area contributed by atoms with E-state index in [2.05, 4.69) is 31.4 Å². The van der Waals surface area contributed by atoms with E-state index in [0.717, 1.165) is 25.9 Å². The smallest absolute Gasteiger partial charge is 0.221 e. The molecule has 3 heteroatoms. The third-order valence-corrected chi connectivity index (χ3v) is 3.27. The van der Waals surface area contributed by atoms with Crippen LogP contribution in [0, 0.1) is 5.41 Å². The fourth-order valence-corrected chi connectivity index (χ4v) is 2.24. The molecule has 1 saturated heterocycles. The van der Waals surface area contributed by atoms with E-state index in [0.29, 0.717) is 17.9 Å². The van der Waals surface area contributed by atoms with Crippen molar-refractivity contribution in [3.8, 4) is 0 Å². The van der Waals surface area contributed by atoms with Crippen molar-refractivity contribution in [2.45, 2.75) is 65.3 Å². The molecule has 0 aromatic carbocycles. The second-order valence-electron chi connectivity index (χ2n) is 6.37. The molecule has 3 nitrogen and oxygen atoms in total. The van der Waals surface area contributed by atoms with Crippen molar-refractivity contribution in [3.63, 3.8) is 0 Å². The Hall–Kier alpha value is -0.570. The number of amides is 1. The molecule has 1 fully saturated rings. The third-order valence-electron chi connectivity index (χ3n) is 3.27. The second-order valence-corrected chi connectivity index (χ2v) is 6.37. The van der Waals surface area contributed by atoms with Gasteiger partial charge < -0.3 is 10.6 Å². The summed E-state index contributed by atoms with van der Waals surface area (Å²) in [6, 6.07) is 0.421. The second kappa shape index (κ2) is 7.00. The van der Waals surface area contributed by atoms with Crippen molar-refractivity contribution in [1.29, 1.82) is 0 Å². The highest BCUT2D eigenvalue weighted by atomic mass is 16.1. The predicted molar refractivity (Wildman–Crippen MR) is 72.0 cm³/mol. The molecule has 0 bridgehead atoms. The molecule has 0 spiro atoms. The Morgan fingerprint density at radius 2 is 2.12 bits per heavy atom. The molecular formula is C14H28N2O. The average Bonchev–Trinajstić information content (AvgIpc) is 2.68. The van der Waals surface area contributed by atoms with Gasteiger partial charge in [0.15, 0.2) is 0 Å². The molecule has 1 heterocycles. The summed E-state index contributed by atoms with van der Waals surface area (Å²) < 4.78 is 0. The van der Waals surface area contributed by atoms with Crippen LogP contribution in [0.15, 0.2) is 0 Å². The quantitative estimate of drug-likeness (QED) is 0.700. The number of nitrogens with one attached hydrogen (secondary N) is 2. The summed E-state index contributed by atoms with van der Waals surface area (Å²) in [7, 11) is 0. The van der Waals surface area contributed by atoms with Gasteiger partial charge >= 0.3 is 0 Å². The van der Waals surface area contributed by atoms with Crippen LogP contribution in [0.5, 0.6) is 0 Å². The zero-order chi connectivity index (χ0) is 12.7. The van der Waals surface area contributed by atoms with Gasteiger partial charge in [0.1, 0.15) is 0 Å². The molecule has 1 aliphatic heterocycles. The first-order valence-corrected chi connectivity index (χ1v) is 6.97. The molecule has 1 aliphatic rings. The van der Waals surface area contributed by atoms with Gasteiger partial charge in [-0.3, -0.25) is 4.79 Å². The Morgan fingerprint density at radius 1 is 1.35 bits per heavy atom. The van der Waals surface area contributed by atoms with Crippen molar-refractivity contribution < 1.29 is 4.79 Å². The van der Waals surface area contributed by atoms with E-state index < -0.39 is 0 Å². The van der Waals surface area contributed by atoms with Gasteiger partial charge in [-0.1, -0.05) is 27.2 Å². The fourth-order valence-electron chi connectivity index (χ4n) is 2.24. The molecule has 1 unspecified atom stereocenters. The number of carbonyl (C=O) groups excluding carboxylic acids is 1. The average molecular weight is 240 g/mol. The third kappa shape index (κ3) is 7.37. The number of carbonyl (C=O) groups is 1. The van der Waals surface area contributed by atoms with Crippen LogP contribution in [0.1, 0.15) is 59.3 Å². The molecular weight excluding hydrogens is 212 g/mol. The van der Waals surface area contributed by atoms with Crippen molar-refractivity contribution in [2.24, 2.45) is 5.41 Å². The van der Waals surface area contributed by atoms with E-state index in [-0.39, 0.29) is 5.91 Å². The molecule has 100 valence electrons. The molecule has 0 aromatic heterocycles.